The maximum absolute atomic E-state index is 5.24. The van der Waals surface area contributed by atoms with Crippen LogP contribution < -0.4 is 4.74 Å². The minimum absolute atomic E-state index is 0.544. The fourth-order valence-corrected chi connectivity index (χ4v) is 2.09. The average molecular weight is 269 g/mol. The number of nitrogens with zero attached hydrogens (tertiary/aromatic N) is 3. The summed E-state index contributed by atoms with van der Waals surface area (Å²) in [4.78, 5) is 8.80. The molecular formula is C16H19N3O. The molecule has 0 atom stereocenters. The molecule has 4 heteroatoms. The zero-order chi connectivity index (χ0) is 14.5. The quantitative estimate of drug-likeness (QED) is 0.711. The van der Waals surface area contributed by atoms with Crippen molar-refractivity contribution in [2.45, 2.75) is 20.8 Å². The summed E-state index contributed by atoms with van der Waals surface area (Å²) in [5, 5.41) is 0. The second kappa shape index (κ2) is 6.19. The number of imidazole rings is 1. The predicted octanol–water partition coefficient (Wildman–Crippen LogP) is 3.74. The fourth-order valence-electron chi connectivity index (χ4n) is 2.09. The molecule has 4 nitrogen and oxygen atoms in total. The Morgan fingerprint density at radius 1 is 1.10 bits per heavy atom. The van der Waals surface area contributed by atoms with Crippen LogP contribution in [-0.4, -0.2) is 21.5 Å². The maximum atomic E-state index is 5.24. The van der Waals surface area contributed by atoms with E-state index in [4.69, 9.17) is 4.74 Å². The molecule has 3 aromatic rings. The molecule has 0 aliphatic carbocycles. The Balaban J connectivity index is 0.000000704. The smallest absolute Gasteiger partial charge is 0.258 e. The standard InChI is InChI=1S/C14H13N3O.C2H6/c1-10-12(11-6-4-3-5-7-11)16-13-14(18-2)15-8-9-17(10)13;1-2/h3-9H,1-2H3;1-2H3. The highest BCUT2D eigenvalue weighted by atomic mass is 16.5. The first-order chi connectivity index (χ1) is 9.81. The van der Waals surface area contributed by atoms with Gasteiger partial charge in [0.2, 0.25) is 5.65 Å². The molecule has 0 N–H and O–H groups in total. The lowest BCUT2D eigenvalue weighted by atomic mass is 10.1. The van der Waals surface area contributed by atoms with Gasteiger partial charge >= 0.3 is 0 Å². The number of aryl methyl sites for hydroxylation is 1. The molecule has 104 valence electrons. The third-order valence-corrected chi connectivity index (χ3v) is 2.99. The van der Waals surface area contributed by atoms with Crippen LogP contribution in [0.4, 0.5) is 0 Å². The molecule has 2 heterocycles. The molecule has 0 saturated carbocycles. The van der Waals surface area contributed by atoms with E-state index in [0.29, 0.717) is 5.88 Å². The maximum Gasteiger partial charge on any atom is 0.258 e. The van der Waals surface area contributed by atoms with Crippen molar-refractivity contribution in [3.05, 3.63) is 48.4 Å². The van der Waals surface area contributed by atoms with E-state index >= 15 is 0 Å². The Morgan fingerprint density at radius 3 is 2.45 bits per heavy atom. The summed E-state index contributed by atoms with van der Waals surface area (Å²) < 4.78 is 7.23. The summed E-state index contributed by atoms with van der Waals surface area (Å²) >= 11 is 0. The first-order valence-corrected chi connectivity index (χ1v) is 6.74. The molecule has 3 rings (SSSR count). The number of benzene rings is 1. The Labute approximate surface area is 119 Å². The topological polar surface area (TPSA) is 39.4 Å². The molecule has 2 aromatic heterocycles. The largest absolute Gasteiger partial charge is 0.478 e. The SMILES string of the molecule is CC.COc1nccn2c(C)c(-c3ccccc3)nc12. The van der Waals surface area contributed by atoms with Gasteiger partial charge in [0.1, 0.15) is 0 Å². The number of hydrogen-bond donors (Lipinski definition) is 0. The second-order valence-corrected chi connectivity index (χ2v) is 4.04. The van der Waals surface area contributed by atoms with E-state index in [0.717, 1.165) is 22.6 Å². The van der Waals surface area contributed by atoms with Crippen molar-refractivity contribution in [2.75, 3.05) is 7.11 Å². The van der Waals surface area contributed by atoms with Gasteiger partial charge in [0, 0.05) is 23.7 Å². The highest BCUT2D eigenvalue weighted by Crippen LogP contribution is 2.26. The lowest BCUT2D eigenvalue weighted by Crippen LogP contribution is -1.94. The highest BCUT2D eigenvalue weighted by molar-refractivity contribution is 5.68. The van der Waals surface area contributed by atoms with E-state index in [1.54, 1.807) is 13.3 Å². The van der Waals surface area contributed by atoms with Crippen LogP contribution in [0.25, 0.3) is 16.9 Å². The van der Waals surface area contributed by atoms with E-state index in [-0.39, 0.29) is 0 Å². The van der Waals surface area contributed by atoms with Crippen LogP contribution >= 0.6 is 0 Å². The Morgan fingerprint density at radius 2 is 1.80 bits per heavy atom. The molecule has 0 amide bonds. The van der Waals surface area contributed by atoms with E-state index in [9.17, 15) is 0 Å². The van der Waals surface area contributed by atoms with Crippen LogP contribution in [0, 0.1) is 6.92 Å². The minimum atomic E-state index is 0.544. The summed E-state index contributed by atoms with van der Waals surface area (Å²) in [6.45, 7) is 6.04. The van der Waals surface area contributed by atoms with E-state index in [2.05, 4.69) is 22.1 Å². The molecule has 0 fully saturated rings. The molecule has 0 radical (unpaired) electrons. The lowest BCUT2D eigenvalue weighted by Gasteiger charge is -2.00. The van der Waals surface area contributed by atoms with Crippen molar-refractivity contribution in [1.82, 2.24) is 14.4 Å². The summed E-state index contributed by atoms with van der Waals surface area (Å²) in [5.41, 5.74) is 3.89. The Bertz CT molecular complexity index is 690. The van der Waals surface area contributed by atoms with Gasteiger partial charge in [0.05, 0.1) is 12.8 Å². The average Bonchev–Trinajstić information content (AvgIpc) is 2.87. The molecule has 0 bridgehead atoms. The number of methoxy groups -OCH3 is 1. The van der Waals surface area contributed by atoms with Crippen molar-refractivity contribution in [3.8, 4) is 17.1 Å². The highest BCUT2D eigenvalue weighted by Gasteiger charge is 2.13. The lowest BCUT2D eigenvalue weighted by molar-refractivity contribution is 0.400. The van der Waals surface area contributed by atoms with Crippen LogP contribution in [0.1, 0.15) is 19.5 Å². The first-order valence-electron chi connectivity index (χ1n) is 6.74. The van der Waals surface area contributed by atoms with E-state index in [1.807, 2.05) is 49.6 Å². The molecule has 0 aliphatic heterocycles. The molecule has 1 aromatic carbocycles. The molecular weight excluding hydrogens is 250 g/mol. The van der Waals surface area contributed by atoms with Crippen molar-refractivity contribution in [2.24, 2.45) is 0 Å². The predicted molar refractivity (Wildman–Crippen MR) is 81.1 cm³/mol. The van der Waals surface area contributed by atoms with Crippen molar-refractivity contribution >= 4 is 5.65 Å². The third kappa shape index (κ3) is 2.37. The van der Waals surface area contributed by atoms with Crippen molar-refractivity contribution in [1.29, 1.82) is 0 Å². The summed E-state index contributed by atoms with van der Waals surface area (Å²) in [5.74, 6) is 0.544. The Hall–Kier alpha value is -2.36. The van der Waals surface area contributed by atoms with Gasteiger partial charge in [0.15, 0.2) is 0 Å². The molecule has 0 saturated heterocycles. The zero-order valence-corrected chi connectivity index (χ0v) is 12.3. The van der Waals surface area contributed by atoms with E-state index in [1.165, 1.54) is 0 Å². The number of fused-ring (bicyclic) bond motifs is 1. The number of ether oxygens (including phenoxy) is 1. The molecule has 20 heavy (non-hydrogen) atoms. The van der Waals surface area contributed by atoms with Gasteiger partial charge < -0.3 is 4.74 Å². The summed E-state index contributed by atoms with van der Waals surface area (Å²) in [6.07, 6.45) is 3.61. The Kier molecular flexibility index (Phi) is 4.35. The van der Waals surface area contributed by atoms with Crippen LogP contribution in [-0.2, 0) is 0 Å². The third-order valence-electron chi connectivity index (χ3n) is 2.99. The number of hydrogen-bond acceptors (Lipinski definition) is 3. The van der Waals surface area contributed by atoms with Crippen LogP contribution in [0.3, 0.4) is 0 Å². The van der Waals surface area contributed by atoms with Crippen LogP contribution in [0.5, 0.6) is 5.88 Å². The minimum Gasteiger partial charge on any atom is -0.478 e. The van der Waals surface area contributed by atoms with Crippen molar-refractivity contribution < 1.29 is 4.74 Å². The van der Waals surface area contributed by atoms with Crippen LogP contribution in [0.2, 0.25) is 0 Å². The monoisotopic (exact) mass is 269 g/mol. The summed E-state index contributed by atoms with van der Waals surface area (Å²) in [7, 11) is 1.61. The van der Waals surface area contributed by atoms with Gasteiger partial charge in [-0.2, -0.15) is 0 Å². The van der Waals surface area contributed by atoms with Gasteiger partial charge in [0.25, 0.3) is 5.88 Å². The van der Waals surface area contributed by atoms with Gasteiger partial charge in [-0.25, -0.2) is 9.97 Å². The van der Waals surface area contributed by atoms with Crippen LogP contribution in [0.15, 0.2) is 42.7 Å². The van der Waals surface area contributed by atoms with Crippen molar-refractivity contribution in [3.63, 3.8) is 0 Å². The fraction of sp³-hybridized carbons (Fsp3) is 0.250. The number of rotatable bonds is 2. The van der Waals surface area contributed by atoms with Gasteiger partial charge in [-0.15, -0.1) is 0 Å². The molecule has 0 spiro atoms. The molecule has 0 unspecified atom stereocenters. The van der Waals surface area contributed by atoms with E-state index < -0.39 is 0 Å². The normalized spacial score (nSPS) is 10.0. The van der Waals surface area contributed by atoms with Gasteiger partial charge in [-0.05, 0) is 6.92 Å². The van der Waals surface area contributed by atoms with Gasteiger partial charge in [-0.1, -0.05) is 44.2 Å². The number of aromatic nitrogens is 3. The first kappa shape index (κ1) is 14.1. The molecule has 0 aliphatic rings. The van der Waals surface area contributed by atoms with Gasteiger partial charge in [-0.3, -0.25) is 4.40 Å². The second-order valence-electron chi connectivity index (χ2n) is 4.04. The summed E-state index contributed by atoms with van der Waals surface area (Å²) in [6, 6.07) is 10.1. The zero-order valence-electron chi connectivity index (χ0n) is 12.3.